The summed E-state index contributed by atoms with van der Waals surface area (Å²) in [4.78, 5) is 24.2. The largest absolute Gasteiger partial charge is 0.450 e. The number of carbonyl (C=O) groups excluding carboxylic acids is 1. The van der Waals surface area contributed by atoms with E-state index in [1.165, 1.54) is 10.2 Å². The van der Waals surface area contributed by atoms with Crippen LogP contribution in [0.25, 0.3) is 22.1 Å². The second-order valence-electron chi connectivity index (χ2n) is 7.45. The summed E-state index contributed by atoms with van der Waals surface area (Å²) < 4.78 is 31.8. The van der Waals surface area contributed by atoms with Crippen LogP contribution in [-0.4, -0.2) is 50.9 Å². The third kappa shape index (κ3) is 5.17. The monoisotopic (exact) mass is 491 g/mol. The number of amides is 1. The van der Waals surface area contributed by atoms with Crippen LogP contribution in [0, 0.1) is 0 Å². The topological polar surface area (TPSA) is 147 Å². The molecule has 0 atom stereocenters. The van der Waals surface area contributed by atoms with E-state index in [9.17, 15) is 13.2 Å². The van der Waals surface area contributed by atoms with Crippen LogP contribution in [-0.2, 0) is 27.8 Å². The van der Waals surface area contributed by atoms with Crippen LogP contribution in [0.4, 0.5) is 10.6 Å². The number of rotatable bonds is 8. The van der Waals surface area contributed by atoms with Crippen LogP contribution in [0.1, 0.15) is 18.4 Å². The number of nitrogen functional groups attached to an aromatic ring is 1. The molecule has 33 heavy (non-hydrogen) atoms. The van der Waals surface area contributed by atoms with Gasteiger partial charge < -0.3 is 20.4 Å². The molecule has 3 N–H and O–H groups in total. The van der Waals surface area contributed by atoms with Crippen LogP contribution in [0.5, 0.6) is 0 Å². The summed E-state index contributed by atoms with van der Waals surface area (Å²) in [5, 5.41) is 3.53. The van der Waals surface area contributed by atoms with E-state index in [2.05, 4.69) is 20.3 Å². The van der Waals surface area contributed by atoms with Crippen molar-refractivity contribution in [1.82, 2.24) is 28.8 Å². The molecule has 13 heteroatoms. The summed E-state index contributed by atoms with van der Waals surface area (Å²) in [7, 11) is -3.36. The maximum atomic E-state index is 12.0. The highest BCUT2D eigenvalue weighted by molar-refractivity contribution is 7.89. The van der Waals surface area contributed by atoms with Crippen molar-refractivity contribution in [3.05, 3.63) is 47.6 Å². The van der Waals surface area contributed by atoms with Crippen molar-refractivity contribution in [3.63, 3.8) is 0 Å². The highest BCUT2D eigenvalue weighted by Gasteiger charge is 2.12. The Morgan fingerprint density at radius 2 is 2.06 bits per heavy atom. The number of nitrogens with zero attached hydrogens (tertiary/aromatic N) is 5. The van der Waals surface area contributed by atoms with Gasteiger partial charge in [0.1, 0.15) is 5.52 Å². The van der Waals surface area contributed by atoms with E-state index in [1.807, 2.05) is 10.6 Å². The Kier molecular flexibility index (Phi) is 6.38. The van der Waals surface area contributed by atoms with Gasteiger partial charge in [-0.25, -0.2) is 22.2 Å². The van der Waals surface area contributed by atoms with Gasteiger partial charge in [0, 0.05) is 24.7 Å². The molecule has 0 aliphatic rings. The second-order valence-corrected chi connectivity index (χ2v) is 9.65. The normalized spacial score (nSPS) is 11.8. The lowest BCUT2D eigenvalue weighted by molar-refractivity contribution is 0.143. The Morgan fingerprint density at radius 1 is 1.24 bits per heavy atom. The molecule has 174 valence electrons. The number of halogens is 1. The van der Waals surface area contributed by atoms with E-state index in [4.69, 9.17) is 22.1 Å². The molecule has 0 saturated carbocycles. The molecule has 0 fully saturated rings. The highest BCUT2D eigenvalue weighted by Crippen LogP contribution is 2.20. The molecule has 3 aromatic heterocycles. The highest BCUT2D eigenvalue weighted by atomic mass is 35.5. The molecule has 1 aromatic carbocycles. The van der Waals surface area contributed by atoms with Crippen molar-refractivity contribution in [1.29, 1.82) is 0 Å². The van der Waals surface area contributed by atoms with E-state index >= 15 is 0 Å². The Balaban J connectivity index is 1.22. The maximum absolute atomic E-state index is 12.0. The minimum absolute atomic E-state index is 0.0638. The van der Waals surface area contributed by atoms with Crippen LogP contribution in [0.2, 0.25) is 5.28 Å². The fourth-order valence-corrected chi connectivity index (χ4v) is 4.42. The van der Waals surface area contributed by atoms with Gasteiger partial charge in [-0.15, -0.1) is 0 Å². The number of unbranched alkanes of at least 4 members (excludes halogenated alkanes) is 1. The number of carbonyl (C=O) groups is 1. The van der Waals surface area contributed by atoms with E-state index in [0.717, 1.165) is 23.6 Å². The van der Waals surface area contributed by atoms with Crippen molar-refractivity contribution in [3.8, 4) is 0 Å². The van der Waals surface area contributed by atoms with E-state index in [1.54, 1.807) is 24.5 Å². The number of anilines is 1. The van der Waals surface area contributed by atoms with Crippen molar-refractivity contribution in [2.45, 2.75) is 25.9 Å². The summed E-state index contributed by atoms with van der Waals surface area (Å²) in [6.07, 6.45) is 5.13. The molecule has 0 spiro atoms. The van der Waals surface area contributed by atoms with Crippen molar-refractivity contribution in [2.24, 2.45) is 0 Å². The lowest BCUT2D eigenvalue weighted by atomic mass is 10.1. The number of hydrogen-bond donors (Lipinski definition) is 2. The number of benzene rings is 1. The first-order chi connectivity index (χ1) is 15.7. The molecule has 0 aliphatic heterocycles. The standard InChI is InChI=1S/C20H22ClN7O4S/c1-33(30,31)28-8-6-14-10-13(4-5-15(14)28)11-23-20(29)32-9-3-2-7-27-12-24-16-17(22)25-19(21)26-18(16)27/h4-6,8,10,12H,2-3,7,9,11H2,1H3,(H,23,29)(H2,22,25,26). The first-order valence-electron chi connectivity index (χ1n) is 10.1. The lowest BCUT2D eigenvalue weighted by Gasteiger charge is -2.08. The maximum Gasteiger partial charge on any atom is 0.407 e. The van der Waals surface area contributed by atoms with Gasteiger partial charge in [-0.05, 0) is 48.2 Å². The molecule has 0 unspecified atom stereocenters. The Bertz CT molecular complexity index is 1430. The quantitative estimate of drug-likeness (QED) is 0.282. The van der Waals surface area contributed by atoms with Gasteiger partial charge in [0.2, 0.25) is 15.3 Å². The molecule has 0 radical (unpaired) electrons. The number of hydrogen-bond acceptors (Lipinski definition) is 8. The number of nitrogens with one attached hydrogen (secondary N) is 1. The molecular formula is C20H22ClN7O4S. The van der Waals surface area contributed by atoms with Crippen molar-refractivity contribution < 1.29 is 17.9 Å². The van der Waals surface area contributed by atoms with Gasteiger partial charge in [0.25, 0.3) is 0 Å². The minimum Gasteiger partial charge on any atom is -0.450 e. The van der Waals surface area contributed by atoms with Gasteiger partial charge in [0.15, 0.2) is 11.5 Å². The zero-order valence-corrected chi connectivity index (χ0v) is 19.3. The third-order valence-electron chi connectivity index (χ3n) is 5.00. The van der Waals surface area contributed by atoms with Gasteiger partial charge in [-0.3, -0.25) is 0 Å². The average molecular weight is 492 g/mol. The number of nitrogens with two attached hydrogens (primary N) is 1. The first kappa shape index (κ1) is 22.8. The molecule has 1 amide bonds. The van der Waals surface area contributed by atoms with Gasteiger partial charge >= 0.3 is 6.09 Å². The number of ether oxygens (including phenoxy) is 1. The zero-order valence-electron chi connectivity index (χ0n) is 17.7. The zero-order chi connectivity index (χ0) is 23.6. The van der Waals surface area contributed by atoms with Crippen LogP contribution in [0.15, 0.2) is 36.8 Å². The molecule has 0 bridgehead atoms. The molecule has 3 heterocycles. The van der Waals surface area contributed by atoms with E-state index in [0.29, 0.717) is 29.6 Å². The molecule has 4 aromatic rings. The lowest BCUT2D eigenvalue weighted by Crippen LogP contribution is -2.24. The Labute approximate surface area is 194 Å². The summed E-state index contributed by atoms with van der Waals surface area (Å²) in [6, 6.07) is 7.03. The van der Waals surface area contributed by atoms with E-state index < -0.39 is 16.1 Å². The molecule has 11 nitrogen and oxygen atoms in total. The second kappa shape index (κ2) is 9.24. The molecular weight excluding hydrogens is 470 g/mol. The number of imidazole rings is 1. The average Bonchev–Trinajstić information content (AvgIpc) is 3.36. The van der Waals surface area contributed by atoms with Crippen molar-refractivity contribution in [2.75, 3.05) is 18.6 Å². The van der Waals surface area contributed by atoms with Crippen molar-refractivity contribution >= 4 is 55.6 Å². The minimum atomic E-state index is -3.36. The van der Waals surface area contributed by atoms with Gasteiger partial charge in [-0.2, -0.15) is 9.97 Å². The summed E-state index contributed by atoms with van der Waals surface area (Å²) in [6.45, 7) is 1.13. The number of alkyl carbamates (subject to hydrolysis) is 1. The SMILES string of the molecule is CS(=O)(=O)n1ccc2cc(CNC(=O)OCCCCn3cnc4c(N)nc(Cl)nc43)ccc21. The Morgan fingerprint density at radius 3 is 2.85 bits per heavy atom. The number of fused-ring (bicyclic) bond motifs is 2. The fourth-order valence-electron chi connectivity index (χ4n) is 3.44. The van der Waals surface area contributed by atoms with Crippen LogP contribution in [0.3, 0.4) is 0 Å². The number of aromatic nitrogens is 5. The summed E-state index contributed by atoms with van der Waals surface area (Å²) in [5.74, 6) is 0.232. The number of aryl methyl sites for hydroxylation is 1. The smallest absolute Gasteiger partial charge is 0.407 e. The van der Waals surface area contributed by atoms with Gasteiger partial charge in [-0.1, -0.05) is 6.07 Å². The fraction of sp³-hybridized carbons (Fsp3) is 0.300. The predicted molar refractivity (Wildman–Crippen MR) is 124 cm³/mol. The molecule has 4 rings (SSSR count). The van der Waals surface area contributed by atoms with Gasteiger partial charge in [0.05, 0.1) is 24.7 Å². The Hall–Kier alpha value is -3.38. The third-order valence-corrected chi connectivity index (χ3v) is 6.21. The molecule has 0 saturated heterocycles. The summed E-state index contributed by atoms with van der Waals surface area (Å²) >= 11 is 5.86. The van der Waals surface area contributed by atoms with Crippen LogP contribution < -0.4 is 11.1 Å². The predicted octanol–water partition coefficient (Wildman–Crippen LogP) is 2.53. The summed E-state index contributed by atoms with van der Waals surface area (Å²) in [5.41, 5.74) is 8.28. The van der Waals surface area contributed by atoms with Crippen LogP contribution >= 0.6 is 11.6 Å². The molecule has 0 aliphatic carbocycles. The van der Waals surface area contributed by atoms with E-state index in [-0.39, 0.29) is 24.3 Å². The first-order valence-corrected chi connectivity index (χ1v) is 12.3.